The number of fused-ring (bicyclic) bond motifs is 1. The van der Waals surface area contributed by atoms with Gasteiger partial charge in [-0.25, -0.2) is 4.98 Å². The van der Waals surface area contributed by atoms with Gasteiger partial charge in [-0.1, -0.05) is 13.8 Å². The van der Waals surface area contributed by atoms with Crippen LogP contribution in [0, 0.1) is 23.0 Å². The number of nitrogens with one attached hydrogen (secondary N) is 1. The summed E-state index contributed by atoms with van der Waals surface area (Å²) in [6.07, 6.45) is 0.977. The molecule has 102 valence electrons. The summed E-state index contributed by atoms with van der Waals surface area (Å²) < 4.78 is 0.860. The number of rotatable bonds is 5. The summed E-state index contributed by atoms with van der Waals surface area (Å²) in [5.74, 6) is 0.566. The molecule has 5 nitrogen and oxygen atoms in total. The van der Waals surface area contributed by atoms with Gasteiger partial charge in [0.2, 0.25) is 0 Å². The lowest BCUT2D eigenvalue weighted by atomic mass is 10.1. The first-order valence-electron chi connectivity index (χ1n) is 6.27. The van der Waals surface area contributed by atoms with E-state index in [9.17, 15) is 10.1 Å². The van der Waals surface area contributed by atoms with Gasteiger partial charge in [-0.05, 0) is 25.3 Å². The third-order valence-corrected chi connectivity index (χ3v) is 3.78. The van der Waals surface area contributed by atoms with Gasteiger partial charge in [0.25, 0.3) is 5.69 Å². The molecule has 0 unspecified atom stereocenters. The molecular weight excluding hydrogens is 262 g/mol. The van der Waals surface area contributed by atoms with E-state index in [-0.39, 0.29) is 10.6 Å². The van der Waals surface area contributed by atoms with Crippen molar-refractivity contribution in [1.82, 2.24) is 4.98 Å². The standard InChI is InChI=1S/C13H17N3O2S/c1-8(2)4-5-14-10-6-11-13(19-9(3)15-11)7-12(10)16(17)18/h6-8,14H,4-5H2,1-3H3. The molecular formula is C13H17N3O2S. The lowest BCUT2D eigenvalue weighted by Gasteiger charge is -2.08. The van der Waals surface area contributed by atoms with Gasteiger partial charge in [0.1, 0.15) is 5.69 Å². The summed E-state index contributed by atoms with van der Waals surface area (Å²) >= 11 is 1.48. The molecule has 1 heterocycles. The highest BCUT2D eigenvalue weighted by Crippen LogP contribution is 2.32. The van der Waals surface area contributed by atoms with Gasteiger partial charge in [0, 0.05) is 12.6 Å². The van der Waals surface area contributed by atoms with Crippen molar-refractivity contribution in [1.29, 1.82) is 0 Å². The number of hydrogen-bond donors (Lipinski definition) is 1. The molecule has 19 heavy (non-hydrogen) atoms. The van der Waals surface area contributed by atoms with Crippen LogP contribution >= 0.6 is 11.3 Å². The fourth-order valence-electron chi connectivity index (χ4n) is 1.87. The van der Waals surface area contributed by atoms with E-state index in [0.717, 1.165) is 28.2 Å². The maximum Gasteiger partial charge on any atom is 0.293 e. The maximum absolute atomic E-state index is 11.1. The van der Waals surface area contributed by atoms with E-state index < -0.39 is 0 Å². The Morgan fingerprint density at radius 2 is 2.21 bits per heavy atom. The van der Waals surface area contributed by atoms with E-state index in [4.69, 9.17) is 0 Å². The van der Waals surface area contributed by atoms with Crippen molar-refractivity contribution in [3.05, 3.63) is 27.3 Å². The van der Waals surface area contributed by atoms with Gasteiger partial charge >= 0.3 is 0 Å². The highest BCUT2D eigenvalue weighted by Gasteiger charge is 2.16. The van der Waals surface area contributed by atoms with Crippen molar-refractivity contribution in [3.63, 3.8) is 0 Å². The number of thiazole rings is 1. The SMILES string of the molecule is Cc1nc2cc(NCCC(C)C)c([N+](=O)[O-])cc2s1. The number of aromatic nitrogens is 1. The molecule has 0 radical (unpaired) electrons. The highest BCUT2D eigenvalue weighted by atomic mass is 32.1. The Bertz CT molecular complexity index is 607. The van der Waals surface area contributed by atoms with Crippen molar-refractivity contribution in [2.24, 2.45) is 5.92 Å². The van der Waals surface area contributed by atoms with Gasteiger partial charge in [-0.2, -0.15) is 0 Å². The zero-order valence-corrected chi connectivity index (χ0v) is 12.1. The molecule has 0 saturated heterocycles. The zero-order chi connectivity index (χ0) is 14.0. The Morgan fingerprint density at radius 3 is 2.84 bits per heavy atom. The Hall–Kier alpha value is -1.69. The predicted molar refractivity (Wildman–Crippen MR) is 79.0 cm³/mol. The lowest BCUT2D eigenvalue weighted by Crippen LogP contribution is -2.06. The molecule has 0 aliphatic heterocycles. The van der Waals surface area contributed by atoms with Crippen molar-refractivity contribution >= 4 is 32.9 Å². The molecule has 0 bridgehead atoms. The largest absolute Gasteiger partial charge is 0.379 e. The molecule has 1 N–H and O–H groups in total. The normalized spacial score (nSPS) is 11.2. The molecule has 0 aliphatic rings. The minimum atomic E-state index is -0.341. The number of nitrogens with zero attached hydrogens (tertiary/aromatic N) is 2. The fraction of sp³-hybridized carbons (Fsp3) is 0.462. The topological polar surface area (TPSA) is 68.1 Å². The van der Waals surface area contributed by atoms with Crippen LogP contribution in [0.4, 0.5) is 11.4 Å². The number of benzene rings is 1. The van der Waals surface area contributed by atoms with Gasteiger partial charge < -0.3 is 5.32 Å². The van der Waals surface area contributed by atoms with E-state index >= 15 is 0 Å². The van der Waals surface area contributed by atoms with Crippen molar-refractivity contribution in [2.45, 2.75) is 27.2 Å². The first-order chi connectivity index (χ1) is 8.97. The molecule has 0 spiro atoms. The molecule has 0 aliphatic carbocycles. The second-order valence-corrected chi connectivity index (χ2v) is 6.17. The van der Waals surface area contributed by atoms with E-state index in [1.165, 1.54) is 11.3 Å². The smallest absolute Gasteiger partial charge is 0.293 e. The number of aryl methyl sites for hydroxylation is 1. The lowest BCUT2D eigenvalue weighted by molar-refractivity contribution is -0.383. The number of nitro benzene ring substituents is 1. The third-order valence-electron chi connectivity index (χ3n) is 2.85. The second kappa shape index (κ2) is 5.52. The van der Waals surface area contributed by atoms with Crippen molar-refractivity contribution in [2.75, 3.05) is 11.9 Å². The Kier molecular flexibility index (Phi) is 3.99. The average Bonchev–Trinajstić information content (AvgIpc) is 2.66. The molecule has 0 fully saturated rings. The molecule has 0 saturated carbocycles. The summed E-state index contributed by atoms with van der Waals surface area (Å²) in [4.78, 5) is 15.2. The quantitative estimate of drug-likeness (QED) is 0.664. The molecule has 2 rings (SSSR count). The van der Waals surface area contributed by atoms with Crippen molar-refractivity contribution < 1.29 is 4.92 Å². The van der Waals surface area contributed by atoms with E-state index in [1.807, 2.05) is 6.92 Å². The Labute approximate surface area is 115 Å². The van der Waals surface area contributed by atoms with E-state index in [2.05, 4.69) is 24.1 Å². The van der Waals surface area contributed by atoms with Crippen LogP contribution in [0.3, 0.4) is 0 Å². The molecule has 0 amide bonds. The van der Waals surface area contributed by atoms with Crippen LogP contribution < -0.4 is 5.32 Å². The summed E-state index contributed by atoms with van der Waals surface area (Å²) in [6, 6.07) is 3.38. The Balaban J connectivity index is 2.33. The third kappa shape index (κ3) is 3.20. The first-order valence-corrected chi connectivity index (χ1v) is 7.08. The Morgan fingerprint density at radius 1 is 1.47 bits per heavy atom. The fourth-order valence-corrected chi connectivity index (χ4v) is 2.71. The summed E-state index contributed by atoms with van der Waals surface area (Å²) in [5, 5.41) is 15.2. The highest BCUT2D eigenvalue weighted by molar-refractivity contribution is 7.18. The maximum atomic E-state index is 11.1. The summed E-state index contributed by atoms with van der Waals surface area (Å²) in [5.41, 5.74) is 1.50. The summed E-state index contributed by atoms with van der Waals surface area (Å²) in [6.45, 7) is 6.89. The molecule has 6 heteroatoms. The summed E-state index contributed by atoms with van der Waals surface area (Å²) in [7, 11) is 0. The van der Waals surface area contributed by atoms with Gasteiger partial charge in [0.15, 0.2) is 0 Å². The number of anilines is 1. The van der Waals surface area contributed by atoms with Gasteiger partial charge in [-0.3, -0.25) is 10.1 Å². The second-order valence-electron chi connectivity index (χ2n) is 4.94. The van der Waals surface area contributed by atoms with Crippen LogP contribution in [-0.4, -0.2) is 16.5 Å². The number of hydrogen-bond acceptors (Lipinski definition) is 5. The molecule has 2 aromatic rings. The first kappa shape index (κ1) is 13.7. The van der Waals surface area contributed by atoms with Crippen LogP contribution in [0.5, 0.6) is 0 Å². The molecule has 1 aromatic carbocycles. The zero-order valence-electron chi connectivity index (χ0n) is 11.3. The van der Waals surface area contributed by atoms with Crippen LogP contribution in [0.2, 0.25) is 0 Å². The monoisotopic (exact) mass is 279 g/mol. The van der Waals surface area contributed by atoms with Crippen LogP contribution in [-0.2, 0) is 0 Å². The molecule has 0 atom stereocenters. The van der Waals surface area contributed by atoms with Crippen LogP contribution in [0.15, 0.2) is 12.1 Å². The van der Waals surface area contributed by atoms with Crippen LogP contribution in [0.1, 0.15) is 25.3 Å². The van der Waals surface area contributed by atoms with Gasteiger partial charge in [-0.15, -0.1) is 11.3 Å². The van der Waals surface area contributed by atoms with Gasteiger partial charge in [0.05, 0.1) is 20.1 Å². The molecule has 1 aromatic heterocycles. The number of nitro groups is 1. The predicted octanol–water partition coefficient (Wildman–Crippen LogP) is 3.97. The van der Waals surface area contributed by atoms with Crippen molar-refractivity contribution in [3.8, 4) is 0 Å². The average molecular weight is 279 g/mol. The minimum absolute atomic E-state index is 0.125. The minimum Gasteiger partial charge on any atom is -0.379 e. The van der Waals surface area contributed by atoms with Crippen LogP contribution in [0.25, 0.3) is 10.2 Å². The van der Waals surface area contributed by atoms with E-state index in [0.29, 0.717) is 11.6 Å². The van der Waals surface area contributed by atoms with E-state index in [1.54, 1.807) is 12.1 Å².